The van der Waals surface area contributed by atoms with Crippen LogP contribution in [0.4, 0.5) is 0 Å². The first kappa shape index (κ1) is 16.8. The molecule has 2 aromatic carbocycles. The monoisotopic (exact) mass is 343 g/mol. The highest BCUT2D eigenvalue weighted by Gasteiger charge is 2.16. The number of aromatic nitrogens is 2. The first-order chi connectivity index (χ1) is 12.7. The van der Waals surface area contributed by atoms with Crippen LogP contribution < -0.4 is 5.73 Å². The number of hydrogen-bond acceptors (Lipinski definition) is 2. The van der Waals surface area contributed by atoms with Crippen molar-refractivity contribution < 1.29 is 0 Å². The van der Waals surface area contributed by atoms with E-state index in [1.807, 2.05) is 12.3 Å². The molecule has 0 aliphatic heterocycles. The molecule has 3 N–H and O–H groups in total. The molecule has 0 aliphatic rings. The van der Waals surface area contributed by atoms with Crippen LogP contribution >= 0.6 is 0 Å². The summed E-state index contributed by atoms with van der Waals surface area (Å²) in [7, 11) is 0. The number of pyridine rings is 1. The second kappa shape index (κ2) is 6.93. The van der Waals surface area contributed by atoms with Crippen LogP contribution in [0.3, 0.4) is 0 Å². The first-order valence-electron chi connectivity index (χ1n) is 9.35. The van der Waals surface area contributed by atoms with Crippen molar-refractivity contribution in [3.8, 4) is 11.3 Å². The fraction of sp³-hybridized carbons (Fsp3) is 0.261. The summed E-state index contributed by atoms with van der Waals surface area (Å²) in [6, 6.07) is 15.1. The Balaban J connectivity index is 1.98. The van der Waals surface area contributed by atoms with E-state index in [1.165, 1.54) is 44.2 Å². The molecule has 4 aromatic rings. The normalized spacial score (nSPS) is 11.5. The van der Waals surface area contributed by atoms with E-state index in [2.05, 4.69) is 60.2 Å². The molecule has 0 radical (unpaired) electrons. The summed E-state index contributed by atoms with van der Waals surface area (Å²) >= 11 is 0. The lowest BCUT2D eigenvalue weighted by atomic mass is 9.96. The SMILES string of the molecule is Cc1cc(C)c2[nH]c(-c3cccc4ncccc34)c(CCCCN)c2c1. The van der Waals surface area contributed by atoms with Gasteiger partial charge in [-0.25, -0.2) is 0 Å². The van der Waals surface area contributed by atoms with E-state index >= 15 is 0 Å². The van der Waals surface area contributed by atoms with Gasteiger partial charge in [-0.15, -0.1) is 0 Å². The summed E-state index contributed by atoms with van der Waals surface area (Å²) in [6.45, 7) is 5.10. The molecule has 0 fully saturated rings. The van der Waals surface area contributed by atoms with Gasteiger partial charge in [-0.3, -0.25) is 4.98 Å². The van der Waals surface area contributed by atoms with Gasteiger partial charge in [0.15, 0.2) is 0 Å². The molecular formula is C23H25N3. The highest BCUT2D eigenvalue weighted by molar-refractivity contribution is 6.00. The highest BCUT2D eigenvalue weighted by atomic mass is 14.7. The standard InChI is InChI=1S/C23H25N3/c1-15-13-16(2)22-20(14-15)19(7-3-4-11-24)23(26-22)18-8-5-10-21-17(18)9-6-12-25-21/h5-6,8-10,12-14,26H,3-4,7,11,24H2,1-2H3. The van der Waals surface area contributed by atoms with Crippen LogP contribution in [-0.2, 0) is 6.42 Å². The fourth-order valence-electron chi connectivity index (χ4n) is 3.96. The molecule has 2 heterocycles. The number of nitrogens with zero attached hydrogens (tertiary/aromatic N) is 1. The van der Waals surface area contributed by atoms with E-state index in [9.17, 15) is 0 Å². The molecule has 3 heteroatoms. The predicted molar refractivity (Wildman–Crippen MR) is 111 cm³/mol. The number of aromatic amines is 1. The van der Waals surface area contributed by atoms with Crippen molar-refractivity contribution in [1.29, 1.82) is 0 Å². The van der Waals surface area contributed by atoms with Crippen LogP contribution in [-0.4, -0.2) is 16.5 Å². The molecule has 0 spiro atoms. The minimum atomic E-state index is 0.744. The lowest BCUT2D eigenvalue weighted by Gasteiger charge is -2.08. The second-order valence-electron chi connectivity index (χ2n) is 7.10. The lowest BCUT2D eigenvalue weighted by Crippen LogP contribution is -1.99. The molecule has 0 atom stereocenters. The van der Waals surface area contributed by atoms with Crippen LogP contribution in [0.25, 0.3) is 33.1 Å². The van der Waals surface area contributed by atoms with Gasteiger partial charge in [-0.2, -0.15) is 0 Å². The number of fused-ring (bicyclic) bond motifs is 2. The quantitative estimate of drug-likeness (QED) is 0.484. The molecule has 0 bridgehead atoms. The molecule has 132 valence electrons. The minimum Gasteiger partial charge on any atom is -0.354 e. The third kappa shape index (κ3) is 2.89. The van der Waals surface area contributed by atoms with Crippen LogP contribution in [0.2, 0.25) is 0 Å². The third-order valence-electron chi connectivity index (χ3n) is 5.15. The number of rotatable bonds is 5. The summed E-state index contributed by atoms with van der Waals surface area (Å²) in [5.74, 6) is 0. The summed E-state index contributed by atoms with van der Waals surface area (Å²) in [5.41, 5.74) is 14.5. The zero-order chi connectivity index (χ0) is 18.1. The Morgan fingerprint density at radius 3 is 2.73 bits per heavy atom. The number of H-pyrrole nitrogens is 1. The summed E-state index contributed by atoms with van der Waals surface area (Å²) < 4.78 is 0. The van der Waals surface area contributed by atoms with Crippen molar-refractivity contribution >= 4 is 21.8 Å². The Labute approximate surface area is 154 Å². The topological polar surface area (TPSA) is 54.7 Å². The Hall–Kier alpha value is -2.65. The van der Waals surface area contributed by atoms with Crippen molar-refractivity contribution in [2.45, 2.75) is 33.1 Å². The molecule has 3 nitrogen and oxygen atoms in total. The predicted octanol–water partition coefficient (Wildman–Crippen LogP) is 5.28. The van der Waals surface area contributed by atoms with Gasteiger partial charge < -0.3 is 10.7 Å². The number of hydrogen-bond donors (Lipinski definition) is 2. The van der Waals surface area contributed by atoms with E-state index in [-0.39, 0.29) is 0 Å². The summed E-state index contributed by atoms with van der Waals surface area (Å²) in [6.07, 6.45) is 5.04. The van der Waals surface area contributed by atoms with E-state index in [4.69, 9.17) is 5.73 Å². The van der Waals surface area contributed by atoms with Crippen LogP contribution in [0.15, 0.2) is 48.7 Å². The second-order valence-corrected chi connectivity index (χ2v) is 7.10. The molecule has 26 heavy (non-hydrogen) atoms. The average molecular weight is 343 g/mol. The Morgan fingerprint density at radius 2 is 1.88 bits per heavy atom. The zero-order valence-electron chi connectivity index (χ0n) is 15.5. The van der Waals surface area contributed by atoms with Gasteiger partial charge in [0, 0.05) is 28.0 Å². The third-order valence-corrected chi connectivity index (χ3v) is 5.15. The van der Waals surface area contributed by atoms with Gasteiger partial charge in [-0.05, 0) is 69.0 Å². The van der Waals surface area contributed by atoms with Gasteiger partial charge in [0.2, 0.25) is 0 Å². The molecule has 2 aromatic heterocycles. The smallest absolute Gasteiger partial charge is 0.0708 e. The molecular weight excluding hydrogens is 318 g/mol. The molecule has 4 rings (SSSR count). The number of nitrogens with two attached hydrogens (primary N) is 1. The average Bonchev–Trinajstić information content (AvgIpc) is 3.00. The number of nitrogens with one attached hydrogen (secondary N) is 1. The van der Waals surface area contributed by atoms with E-state index < -0.39 is 0 Å². The van der Waals surface area contributed by atoms with Gasteiger partial charge in [0.1, 0.15) is 0 Å². The van der Waals surface area contributed by atoms with Gasteiger partial charge >= 0.3 is 0 Å². The van der Waals surface area contributed by atoms with Crippen molar-refractivity contribution in [2.24, 2.45) is 5.73 Å². The number of benzene rings is 2. The first-order valence-corrected chi connectivity index (χ1v) is 9.35. The summed E-state index contributed by atoms with van der Waals surface area (Å²) in [5, 5.41) is 2.53. The fourth-order valence-corrected chi connectivity index (χ4v) is 3.96. The van der Waals surface area contributed by atoms with Crippen LogP contribution in [0, 0.1) is 13.8 Å². The lowest BCUT2D eigenvalue weighted by molar-refractivity contribution is 0.748. The Morgan fingerprint density at radius 1 is 1.00 bits per heavy atom. The maximum Gasteiger partial charge on any atom is 0.0708 e. The van der Waals surface area contributed by atoms with Crippen molar-refractivity contribution in [2.75, 3.05) is 6.54 Å². The van der Waals surface area contributed by atoms with Crippen molar-refractivity contribution in [3.05, 3.63) is 65.4 Å². The molecule has 0 saturated carbocycles. The number of unbranched alkanes of at least 4 members (excludes halogenated alkanes) is 1. The Kier molecular flexibility index (Phi) is 4.48. The largest absolute Gasteiger partial charge is 0.354 e. The molecule has 0 amide bonds. The van der Waals surface area contributed by atoms with Crippen LogP contribution in [0.5, 0.6) is 0 Å². The van der Waals surface area contributed by atoms with Crippen molar-refractivity contribution in [3.63, 3.8) is 0 Å². The number of aryl methyl sites for hydroxylation is 3. The van der Waals surface area contributed by atoms with Gasteiger partial charge in [-0.1, -0.05) is 29.8 Å². The zero-order valence-corrected chi connectivity index (χ0v) is 15.5. The molecule has 0 unspecified atom stereocenters. The maximum absolute atomic E-state index is 5.74. The Bertz CT molecular complexity index is 1070. The molecule has 0 saturated heterocycles. The molecule has 0 aliphatic carbocycles. The van der Waals surface area contributed by atoms with E-state index in [1.54, 1.807) is 0 Å². The van der Waals surface area contributed by atoms with Gasteiger partial charge in [0.05, 0.1) is 11.2 Å². The maximum atomic E-state index is 5.74. The van der Waals surface area contributed by atoms with E-state index in [0.717, 1.165) is 31.3 Å². The van der Waals surface area contributed by atoms with Crippen LogP contribution in [0.1, 0.15) is 29.5 Å². The summed E-state index contributed by atoms with van der Waals surface area (Å²) in [4.78, 5) is 8.26. The van der Waals surface area contributed by atoms with Crippen molar-refractivity contribution in [1.82, 2.24) is 9.97 Å². The highest BCUT2D eigenvalue weighted by Crippen LogP contribution is 2.36. The van der Waals surface area contributed by atoms with E-state index in [0.29, 0.717) is 0 Å². The minimum absolute atomic E-state index is 0.744. The van der Waals surface area contributed by atoms with Gasteiger partial charge in [0.25, 0.3) is 0 Å².